The Kier molecular flexibility index (Phi) is 9.15. The molecular formula is C31H38N2O5. The third-order valence-corrected chi connectivity index (χ3v) is 7.11. The van der Waals surface area contributed by atoms with Crippen LogP contribution in [0.2, 0.25) is 0 Å². The van der Waals surface area contributed by atoms with E-state index in [1.54, 1.807) is 28.4 Å². The second-order valence-electron chi connectivity index (χ2n) is 9.37. The van der Waals surface area contributed by atoms with Crippen LogP contribution < -0.4 is 18.9 Å². The van der Waals surface area contributed by atoms with Crippen molar-refractivity contribution >= 4 is 0 Å². The van der Waals surface area contributed by atoms with Gasteiger partial charge in [-0.25, -0.2) is 0 Å². The average molecular weight is 519 g/mol. The lowest BCUT2D eigenvalue weighted by Crippen LogP contribution is -2.47. The van der Waals surface area contributed by atoms with E-state index in [0.717, 1.165) is 64.8 Å². The second kappa shape index (κ2) is 12.7. The molecule has 0 saturated carbocycles. The zero-order valence-electron chi connectivity index (χ0n) is 22.8. The third kappa shape index (κ3) is 5.90. The quantitative estimate of drug-likeness (QED) is 0.333. The number of aromatic hydroxyl groups is 1. The molecule has 7 nitrogen and oxygen atoms in total. The summed E-state index contributed by atoms with van der Waals surface area (Å²) in [6, 6.07) is 17.8. The maximum atomic E-state index is 11.4. The Morgan fingerprint density at radius 1 is 0.789 bits per heavy atom. The third-order valence-electron chi connectivity index (χ3n) is 7.11. The molecule has 0 aromatic heterocycles. The molecule has 0 aliphatic carbocycles. The molecule has 1 aliphatic rings. The number of hydrogen-bond acceptors (Lipinski definition) is 7. The van der Waals surface area contributed by atoms with Crippen molar-refractivity contribution in [1.29, 1.82) is 0 Å². The summed E-state index contributed by atoms with van der Waals surface area (Å²) < 4.78 is 22.2. The van der Waals surface area contributed by atoms with Crippen LogP contribution in [0, 0.1) is 0 Å². The van der Waals surface area contributed by atoms with Gasteiger partial charge >= 0.3 is 0 Å². The van der Waals surface area contributed by atoms with Crippen LogP contribution >= 0.6 is 0 Å². The van der Waals surface area contributed by atoms with Crippen LogP contribution in [0.25, 0.3) is 0 Å². The highest BCUT2D eigenvalue weighted by molar-refractivity contribution is 5.45. The zero-order valence-corrected chi connectivity index (χ0v) is 22.8. The van der Waals surface area contributed by atoms with Crippen LogP contribution in [0.1, 0.15) is 34.8 Å². The number of rotatable bonds is 11. The van der Waals surface area contributed by atoms with E-state index in [1.165, 1.54) is 0 Å². The summed E-state index contributed by atoms with van der Waals surface area (Å²) in [5, 5.41) is 11.4. The summed E-state index contributed by atoms with van der Waals surface area (Å²) in [6.07, 6.45) is 3.25. The molecule has 4 rings (SSSR count). The predicted molar refractivity (Wildman–Crippen MR) is 149 cm³/mol. The molecule has 0 atom stereocenters. The van der Waals surface area contributed by atoms with Crippen molar-refractivity contribution in [2.24, 2.45) is 0 Å². The summed E-state index contributed by atoms with van der Waals surface area (Å²) in [5.74, 6) is 3.38. The van der Waals surface area contributed by atoms with Crippen LogP contribution in [-0.4, -0.2) is 56.4 Å². The van der Waals surface area contributed by atoms with Crippen molar-refractivity contribution in [2.45, 2.75) is 32.1 Å². The van der Waals surface area contributed by atoms with Gasteiger partial charge in [0.15, 0.2) is 0 Å². The van der Waals surface area contributed by atoms with Crippen LogP contribution in [0.5, 0.6) is 28.7 Å². The first-order valence-corrected chi connectivity index (χ1v) is 12.8. The highest BCUT2D eigenvalue weighted by Crippen LogP contribution is 2.40. The molecule has 0 spiro atoms. The van der Waals surface area contributed by atoms with Crippen molar-refractivity contribution in [3.63, 3.8) is 0 Å². The second-order valence-corrected chi connectivity index (χ2v) is 9.37. The lowest BCUT2D eigenvalue weighted by atomic mass is 9.99. The van der Waals surface area contributed by atoms with Gasteiger partial charge in [0, 0.05) is 55.0 Å². The van der Waals surface area contributed by atoms with Gasteiger partial charge in [0.2, 0.25) is 0 Å². The van der Waals surface area contributed by atoms with Gasteiger partial charge in [0.25, 0.3) is 0 Å². The van der Waals surface area contributed by atoms with E-state index in [2.05, 4.69) is 16.4 Å². The molecule has 7 heteroatoms. The summed E-state index contributed by atoms with van der Waals surface area (Å²) in [5.41, 5.74) is 3.86. The number of ether oxygens (including phenoxy) is 4. The molecule has 3 aromatic rings. The van der Waals surface area contributed by atoms with E-state index in [9.17, 15) is 5.11 Å². The SMILES string of the molecule is C=CCc1cccc(C2N(Cc3ccc(OC)cc3OC)CCCN2Cc2ccc(OC)cc2OC)c1O. The minimum atomic E-state index is -0.160. The molecule has 0 unspecified atom stereocenters. The molecule has 1 saturated heterocycles. The van der Waals surface area contributed by atoms with E-state index in [1.807, 2.05) is 60.7 Å². The van der Waals surface area contributed by atoms with Crippen LogP contribution in [0.15, 0.2) is 67.3 Å². The maximum Gasteiger partial charge on any atom is 0.127 e. The topological polar surface area (TPSA) is 63.6 Å². The standard InChI is InChI=1S/C31H38N2O5/c1-6-9-22-10-7-11-27(30(22)34)31-32(20-23-12-14-25(35-2)18-28(23)37-4)16-8-17-33(31)21-24-13-15-26(36-3)19-29(24)38-5/h6-7,10-15,18-19,31,34H,1,8-9,16-17,20-21H2,2-5H3. The fourth-order valence-electron chi connectivity index (χ4n) is 5.22. The Balaban J connectivity index is 1.75. The van der Waals surface area contributed by atoms with Gasteiger partial charge in [0.1, 0.15) is 28.7 Å². The molecular weight excluding hydrogens is 480 g/mol. The van der Waals surface area contributed by atoms with Crippen LogP contribution in [0.4, 0.5) is 0 Å². The molecule has 1 heterocycles. The number of methoxy groups -OCH3 is 4. The Labute approximate surface area is 225 Å². The highest BCUT2D eigenvalue weighted by Gasteiger charge is 2.34. The lowest BCUT2D eigenvalue weighted by molar-refractivity contribution is -0.0111. The van der Waals surface area contributed by atoms with Gasteiger partial charge in [-0.1, -0.05) is 36.4 Å². The van der Waals surface area contributed by atoms with E-state index in [4.69, 9.17) is 18.9 Å². The highest BCUT2D eigenvalue weighted by atomic mass is 16.5. The molecule has 3 aromatic carbocycles. The zero-order chi connectivity index (χ0) is 27.1. The van der Waals surface area contributed by atoms with E-state index >= 15 is 0 Å². The van der Waals surface area contributed by atoms with Gasteiger partial charge in [0.05, 0.1) is 34.6 Å². The number of allylic oxidation sites excluding steroid dienone is 1. The molecule has 0 bridgehead atoms. The Bertz CT molecular complexity index is 1180. The summed E-state index contributed by atoms with van der Waals surface area (Å²) in [4.78, 5) is 4.80. The predicted octanol–water partition coefficient (Wildman–Crippen LogP) is 5.56. The first-order chi connectivity index (χ1) is 18.5. The van der Waals surface area contributed by atoms with Crippen molar-refractivity contribution in [3.8, 4) is 28.7 Å². The molecule has 0 radical (unpaired) electrons. The fourth-order valence-corrected chi connectivity index (χ4v) is 5.22. The van der Waals surface area contributed by atoms with Gasteiger partial charge < -0.3 is 24.1 Å². The monoisotopic (exact) mass is 518 g/mol. The Morgan fingerprint density at radius 3 is 1.82 bits per heavy atom. The van der Waals surface area contributed by atoms with E-state index in [-0.39, 0.29) is 6.17 Å². The molecule has 1 N–H and O–H groups in total. The molecule has 202 valence electrons. The van der Waals surface area contributed by atoms with Crippen LogP contribution in [0.3, 0.4) is 0 Å². The average Bonchev–Trinajstić information content (AvgIpc) is 2.95. The maximum absolute atomic E-state index is 11.4. The van der Waals surface area contributed by atoms with Gasteiger partial charge in [-0.05, 0) is 30.5 Å². The van der Waals surface area contributed by atoms with Crippen molar-refractivity contribution in [3.05, 3.63) is 89.5 Å². The minimum absolute atomic E-state index is 0.160. The molecule has 1 aliphatic heterocycles. The lowest BCUT2D eigenvalue weighted by Gasteiger charge is -2.45. The van der Waals surface area contributed by atoms with Gasteiger partial charge in [-0.2, -0.15) is 0 Å². The van der Waals surface area contributed by atoms with Crippen LogP contribution in [-0.2, 0) is 19.5 Å². The smallest absolute Gasteiger partial charge is 0.127 e. The number of hydrogen-bond donors (Lipinski definition) is 1. The number of benzene rings is 3. The molecule has 0 amide bonds. The Morgan fingerprint density at radius 2 is 1.34 bits per heavy atom. The summed E-state index contributed by atoms with van der Waals surface area (Å²) in [7, 11) is 6.66. The number of nitrogens with zero attached hydrogens (tertiary/aromatic N) is 2. The first-order valence-electron chi connectivity index (χ1n) is 12.8. The number of phenolic OH excluding ortho intramolecular Hbond substituents is 1. The Hall–Kier alpha value is -3.68. The largest absolute Gasteiger partial charge is 0.507 e. The van der Waals surface area contributed by atoms with Crippen molar-refractivity contribution in [2.75, 3.05) is 41.5 Å². The molecule has 1 fully saturated rings. The minimum Gasteiger partial charge on any atom is -0.507 e. The summed E-state index contributed by atoms with van der Waals surface area (Å²) in [6.45, 7) is 6.92. The van der Waals surface area contributed by atoms with Gasteiger partial charge in [-0.3, -0.25) is 9.80 Å². The van der Waals surface area contributed by atoms with E-state index < -0.39 is 0 Å². The first kappa shape index (κ1) is 27.4. The van der Waals surface area contributed by atoms with Crippen molar-refractivity contribution < 1.29 is 24.1 Å². The fraction of sp³-hybridized carbons (Fsp3) is 0.355. The number of phenols is 1. The molecule has 38 heavy (non-hydrogen) atoms. The van der Waals surface area contributed by atoms with Crippen molar-refractivity contribution in [1.82, 2.24) is 9.80 Å². The normalized spacial score (nSPS) is 14.7. The number of para-hydroxylation sites is 1. The van der Waals surface area contributed by atoms with Gasteiger partial charge in [-0.15, -0.1) is 6.58 Å². The summed E-state index contributed by atoms with van der Waals surface area (Å²) >= 11 is 0. The van der Waals surface area contributed by atoms with E-state index in [0.29, 0.717) is 25.3 Å².